The van der Waals surface area contributed by atoms with Gasteiger partial charge in [0, 0.05) is 17.7 Å². The summed E-state index contributed by atoms with van der Waals surface area (Å²) in [6, 6.07) is 1.68. The van der Waals surface area contributed by atoms with E-state index in [2.05, 4.69) is 15.5 Å². The minimum absolute atomic E-state index is 0.0892. The van der Waals surface area contributed by atoms with Gasteiger partial charge in [-0.15, -0.1) is 0 Å². The van der Waals surface area contributed by atoms with E-state index in [-0.39, 0.29) is 23.6 Å². The Labute approximate surface area is 106 Å². The van der Waals surface area contributed by atoms with Gasteiger partial charge in [0.15, 0.2) is 0 Å². The maximum Gasteiger partial charge on any atom is 0.308 e. The molecule has 1 heterocycles. The first-order valence-corrected chi connectivity index (χ1v) is 5.78. The molecule has 0 aliphatic rings. The van der Waals surface area contributed by atoms with E-state index in [1.54, 1.807) is 6.07 Å². The number of carboxylic acid groups (broad SMARTS) is 1. The van der Waals surface area contributed by atoms with Gasteiger partial charge in [-0.2, -0.15) is 5.10 Å². The van der Waals surface area contributed by atoms with Crippen molar-refractivity contribution in [3.05, 3.63) is 17.5 Å². The minimum atomic E-state index is -0.937. The Morgan fingerprint density at radius 1 is 1.50 bits per heavy atom. The maximum atomic E-state index is 11.7. The molecule has 18 heavy (non-hydrogen) atoms. The third kappa shape index (κ3) is 3.58. The van der Waals surface area contributed by atoms with E-state index in [1.807, 2.05) is 20.8 Å². The van der Waals surface area contributed by atoms with Gasteiger partial charge in [0.25, 0.3) is 5.91 Å². The Hall–Kier alpha value is -1.85. The van der Waals surface area contributed by atoms with Gasteiger partial charge < -0.3 is 10.4 Å². The number of aromatic amines is 1. The molecule has 6 nitrogen and oxygen atoms in total. The predicted octanol–water partition coefficient (Wildman–Crippen LogP) is 1.16. The van der Waals surface area contributed by atoms with Crippen LogP contribution in [0.25, 0.3) is 0 Å². The van der Waals surface area contributed by atoms with Crippen molar-refractivity contribution in [2.45, 2.75) is 33.1 Å². The number of H-pyrrole nitrogens is 1. The summed E-state index contributed by atoms with van der Waals surface area (Å²) in [5, 5.41) is 18.0. The summed E-state index contributed by atoms with van der Waals surface area (Å²) in [7, 11) is 0. The van der Waals surface area contributed by atoms with Gasteiger partial charge >= 0.3 is 5.97 Å². The van der Waals surface area contributed by atoms with Crippen molar-refractivity contribution in [1.82, 2.24) is 15.5 Å². The second-order valence-electron chi connectivity index (χ2n) is 5.37. The zero-order chi connectivity index (χ0) is 13.9. The fraction of sp³-hybridized carbons (Fsp3) is 0.583. The molecule has 1 unspecified atom stereocenters. The van der Waals surface area contributed by atoms with Crippen LogP contribution in [0.2, 0.25) is 0 Å². The van der Waals surface area contributed by atoms with Gasteiger partial charge in [0.05, 0.1) is 5.92 Å². The molecule has 0 aliphatic heterocycles. The zero-order valence-electron chi connectivity index (χ0n) is 11.1. The number of nitrogens with one attached hydrogen (secondary N) is 2. The normalized spacial score (nSPS) is 13.1. The minimum Gasteiger partial charge on any atom is -0.481 e. The van der Waals surface area contributed by atoms with Crippen LogP contribution in [0.15, 0.2) is 6.07 Å². The average molecular weight is 253 g/mol. The van der Waals surface area contributed by atoms with E-state index in [4.69, 9.17) is 5.11 Å². The molecule has 0 bridgehead atoms. The van der Waals surface area contributed by atoms with Gasteiger partial charge in [-0.3, -0.25) is 14.7 Å². The van der Waals surface area contributed by atoms with Crippen LogP contribution in [-0.4, -0.2) is 33.7 Å². The summed E-state index contributed by atoms with van der Waals surface area (Å²) in [6.45, 7) is 7.65. The first-order chi connectivity index (χ1) is 8.21. The lowest BCUT2D eigenvalue weighted by Crippen LogP contribution is -2.31. The molecule has 0 spiro atoms. The van der Waals surface area contributed by atoms with E-state index in [1.165, 1.54) is 6.92 Å². The highest BCUT2D eigenvalue weighted by molar-refractivity contribution is 5.92. The number of aliphatic carboxylic acids is 1. The van der Waals surface area contributed by atoms with Crippen LogP contribution < -0.4 is 5.32 Å². The molecular formula is C12H19N3O3. The summed E-state index contributed by atoms with van der Waals surface area (Å²) in [6.07, 6.45) is 0. The number of carbonyl (C=O) groups excluding carboxylic acids is 1. The summed E-state index contributed by atoms with van der Waals surface area (Å²) in [4.78, 5) is 22.3. The molecule has 1 aromatic rings. The van der Waals surface area contributed by atoms with Gasteiger partial charge in [-0.05, 0) is 6.07 Å². The van der Waals surface area contributed by atoms with Crippen molar-refractivity contribution >= 4 is 11.9 Å². The van der Waals surface area contributed by atoms with Crippen LogP contribution in [0.3, 0.4) is 0 Å². The van der Waals surface area contributed by atoms with E-state index >= 15 is 0 Å². The van der Waals surface area contributed by atoms with Gasteiger partial charge in [-0.1, -0.05) is 27.7 Å². The van der Waals surface area contributed by atoms with E-state index in [0.717, 1.165) is 5.69 Å². The average Bonchev–Trinajstić information content (AvgIpc) is 2.73. The molecule has 0 aliphatic carbocycles. The highest BCUT2D eigenvalue weighted by atomic mass is 16.4. The number of hydrogen-bond donors (Lipinski definition) is 3. The van der Waals surface area contributed by atoms with Crippen molar-refractivity contribution in [3.8, 4) is 0 Å². The zero-order valence-corrected chi connectivity index (χ0v) is 11.1. The summed E-state index contributed by atoms with van der Waals surface area (Å²) in [5.41, 5.74) is 1.02. The van der Waals surface area contributed by atoms with Crippen LogP contribution >= 0.6 is 0 Å². The lowest BCUT2D eigenvalue weighted by molar-refractivity contribution is -0.140. The lowest BCUT2D eigenvalue weighted by atomic mass is 9.92. The SMILES string of the molecule is CC(CNC(=O)c1cc(C(C)(C)C)[nH]n1)C(=O)O. The molecular weight excluding hydrogens is 234 g/mol. The van der Waals surface area contributed by atoms with E-state index in [9.17, 15) is 9.59 Å². The summed E-state index contributed by atoms with van der Waals surface area (Å²) in [5.74, 6) is -1.92. The molecule has 0 radical (unpaired) electrons. The van der Waals surface area contributed by atoms with Gasteiger partial charge in [0.1, 0.15) is 5.69 Å². The molecule has 0 aromatic carbocycles. The number of carbonyl (C=O) groups is 2. The van der Waals surface area contributed by atoms with Crippen molar-refractivity contribution in [2.24, 2.45) is 5.92 Å². The Balaban J connectivity index is 2.63. The number of amides is 1. The predicted molar refractivity (Wildman–Crippen MR) is 66.4 cm³/mol. The number of carboxylic acids is 1. The molecule has 6 heteroatoms. The van der Waals surface area contributed by atoms with Crippen LogP contribution in [0, 0.1) is 5.92 Å². The molecule has 0 saturated carbocycles. The summed E-state index contributed by atoms with van der Waals surface area (Å²) >= 11 is 0. The van der Waals surface area contributed by atoms with Crippen molar-refractivity contribution in [2.75, 3.05) is 6.54 Å². The second kappa shape index (κ2) is 5.20. The summed E-state index contributed by atoms with van der Waals surface area (Å²) < 4.78 is 0. The third-order valence-electron chi connectivity index (χ3n) is 2.61. The number of hydrogen-bond acceptors (Lipinski definition) is 3. The van der Waals surface area contributed by atoms with Gasteiger partial charge in [-0.25, -0.2) is 0 Å². The highest BCUT2D eigenvalue weighted by Crippen LogP contribution is 2.20. The molecule has 100 valence electrons. The fourth-order valence-corrected chi connectivity index (χ4v) is 1.25. The first-order valence-electron chi connectivity index (χ1n) is 5.78. The molecule has 1 aromatic heterocycles. The van der Waals surface area contributed by atoms with Crippen LogP contribution in [0.1, 0.15) is 43.9 Å². The largest absolute Gasteiger partial charge is 0.481 e. The van der Waals surface area contributed by atoms with Crippen molar-refractivity contribution in [1.29, 1.82) is 0 Å². The Morgan fingerprint density at radius 3 is 2.56 bits per heavy atom. The third-order valence-corrected chi connectivity index (χ3v) is 2.61. The second-order valence-corrected chi connectivity index (χ2v) is 5.37. The van der Waals surface area contributed by atoms with E-state index < -0.39 is 11.9 Å². The fourth-order valence-electron chi connectivity index (χ4n) is 1.25. The van der Waals surface area contributed by atoms with E-state index in [0.29, 0.717) is 0 Å². The molecule has 1 atom stereocenters. The molecule has 0 saturated heterocycles. The highest BCUT2D eigenvalue weighted by Gasteiger charge is 2.20. The van der Waals surface area contributed by atoms with Crippen molar-refractivity contribution in [3.63, 3.8) is 0 Å². The standard InChI is InChI=1S/C12H19N3O3/c1-7(11(17)18)6-13-10(16)8-5-9(15-14-8)12(2,3)4/h5,7H,6H2,1-4H3,(H,13,16)(H,14,15)(H,17,18). The Bertz CT molecular complexity index is 446. The molecule has 0 fully saturated rings. The molecule has 1 rings (SSSR count). The van der Waals surface area contributed by atoms with Gasteiger partial charge in [0.2, 0.25) is 0 Å². The quantitative estimate of drug-likeness (QED) is 0.750. The number of rotatable bonds is 4. The molecule has 3 N–H and O–H groups in total. The first kappa shape index (κ1) is 14.2. The monoisotopic (exact) mass is 253 g/mol. The Kier molecular flexibility index (Phi) is 4.11. The lowest BCUT2D eigenvalue weighted by Gasteiger charge is -2.14. The van der Waals surface area contributed by atoms with Crippen molar-refractivity contribution < 1.29 is 14.7 Å². The Morgan fingerprint density at radius 2 is 2.11 bits per heavy atom. The number of aromatic nitrogens is 2. The topological polar surface area (TPSA) is 95.1 Å². The van der Waals surface area contributed by atoms with Crippen LogP contribution in [-0.2, 0) is 10.2 Å². The van der Waals surface area contributed by atoms with Crippen LogP contribution in [0.4, 0.5) is 0 Å². The van der Waals surface area contributed by atoms with Crippen LogP contribution in [0.5, 0.6) is 0 Å². The smallest absolute Gasteiger partial charge is 0.308 e. The number of nitrogens with zero attached hydrogens (tertiary/aromatic N) is 1. The maximum absolute atomic E-state index is 11.7. The molecule has 1 amide bonds.